The molecule has 164 valence electrons. The molecule has 3 heterocycles. The molecule has 2 aromatic carbocycles. The van der Waals surface area contributed by atoms with Gasteiger partial charge in [0.15, 0.2) is 5.76 Å². The fourth-order valence-corrected chi connectivity index (χ4v) is 3.97. The predicted octanol–water partition coefficient (Wildman–Crippen LogP) is 4.62. The van der Waals surface area contributed by atoms with Gasteiger partial charge >= 0.3 is 0 Å². The van der Waals surface area contributed by atoms with Crippen LogP contribution < -0.4 is 5.32 Å². The molecule has 5 rings (SSSR count). The molecule has 4 aromatic rings. The maximum absolute atomic E-state index is 13.1. The summed E-state index contributed by atoms with van der Waals surface area (Å²) in [5.41, 5.74) is 2.55. The number of furan rings is 1. The molecule has 1 saturated heterocycles. The minimum atomic E-state index is -0.329. The predicted molar refractivity (Wildman–Crippen MR) is 121 cm³/mol. The first kappa shape index (κ1) is 20.5. The summed E-state index contributed by atoms with van der Waals surface area (Å²) in [5, 5.41) is 3.96. The lowest BCUT2D eigenvalue weighted by Crippen LogP contribution is -2.38. The quantitative estimate of drug-likeness (QED) is 0.482. The molecule has 1 amide bonds. The van der Waals surface area contributed by atoms with E-state index < -0.39 is 0 Å². The third-order valence-corrected chi connectivity index (χ3v) is 5.75. The zero-order valence-corrected chi connectivity index (χ0v) is 17.6. The van der Waals surface area contributed by atoms with Gasteiger partial charge in [-0.1, -0.05) is 0 Å². The Morgan fingerprint density at radius 2 is 1.78 bits per heavy atom. The van der Waals surface area contributed by atoms with Crippen molar-refractivity contribution in [3.8, 4) is 11.3 Å². The van der Waals surface area contributed by atoms with Crippen molar-refractivity contribution in [3.05, 3.63) is 78.4 Å². The highest BCUT2D eigenvalue weighted by Gasteiger charge is 2.14. The van der Waals surface area contributed by atoms with Gasteiger partial charge in [0.1, 0.15) is 11.6 Å². The van der Waals surface area contributed by atoms with E-state index >= 15 is 0 Å². The summed E-state index contributed by atoms with van der Waals surface area (Å²) in [7, 11) is 0. The van der Waals surface area contributed by atoms with E-state index in [1.54, 1.807) is 24.3 Å². The minimum Gasteiger partial charge on any atom is -0.451 e. The maximum atomic E-state index is 13.1. The van der Waals surface area contributed by atoms with Crippen LogP contribution in [0.2, 0.25) is 0 Å². The van der Waals surface area contributed by atoms with E-state index in [4.69, 9.17) is 9.15 Å². The van der Waals surface area contributed by atoms with Gasteiger partial charge in [0.05, 0.1) is 13.2 Å². The van der Waals surface area contributed by atoms with E-state index in [-0.39, 0.29) is 17.5 Å². The van der Waals surface area contributed by atoms with Crippen molar-refractivity contribution in [1.29, 1.82) is 0 Å². The standard InChI is InChI=1S/C25H24FN3O3/c26-20-3-1-18(2-4-20)23-7-8-24(32-23)25(30)27-21-5-6-22-19(17-21)9-10-29(22)12-11-28-13-15-31-16-14-28/h1-10,17H,11-16H2,(H,27,30). The van der Waals surface area contributed by atoms with Crippen molar-refractivity contribution in [2.75, 3.05) is 38.2 Å². The smallest absolute Gasteiger partial charge is 0.291 e. The number of amides is 1. The lowest BCUT2D eigenvalue weighted by molar-refractivity contribution is 0.0365. The highest BCUT2D eigenvalue weighted by Crippen LogP contribution is 2.24. The van der Waals surface area contributed by atoms with E-state index in [1.807, 2.05) is 18.2 Å². The van der Waals surface area contributed by atoms with E-state index in [2.05, 4.69) is 27.0 Å². The number of rotatable bonds is 6. The number of aromatic nitrogens is 1. The van der Waals surface area contributed by atoms with Gasteiger partial charge in [0.25, 0.3) is 5.91 Å². The summed E-state index contributed by atoms with van der Waals surface area (Å²) < 4.78 is 26.4. The molecule has 2 aromatic heterocycles. The number of carbonyl (C=O) groups is 1. The number of morpholine rings is 1. The number of hydrogen-bond donors (Lipinski definition) is 1. The molecule has 1 aliphatic rings. The summed E-state index contributed by atoms with van der Waals surface area (Å²) in [5.74, 6) is 0.0727. The topological polar surface area (TPSA) is 59.6 Å². The van der Waals surface area contributed by atoms with Crippen LogP contribution in [0.1, 0.15) is 10.6 Å². The fraction of sp³-hybridized carbons (Fsp3) is 0.240. The Bertz CT molecular complexity index is 1220. The van der Waals surface area contributed by atoms with Gasteiger partial charge in [-0.05, 0) is 60.7 Å². The van der Waals surface area contributed by atoms with Crippen LogP contribution in [0, 0.1) is 5.82 Å². The van der Waals surface area contributed by atoms with Crippen LogP contribution in [0.15, 0.2) is 71.3 Å². The molecule has 0 radical (unpaired) electrons. The van der Waals surface area contributed by atoms with E-state index in [9.17, 15) is 9.18 Å². The molecule has 0 bridgehead atoms. The number of hydrogen-bond acceptors (Lipinski definition) is 4. The molecule has 0 unspecified atom stereocenters. The van der Waals surface area contributed by atoms with Crippen LogP contribution in [-0.2, 0) is 11.3 Å². The van der Waals surface area contributed by atoms with Crippen molar-refractivity contribution in [1.82, 2.24) is 9.47 Å². The zero-order valence-electron chi connectivity index (χ0n) is 17.6. The molecule has 0 aliphatic carbocycles. The Morgan fingerprint density at radius 3 is 2.59 bits per heavy atom. The molecule has 32 heavy (non-hydrogen) atoms. The average molecular weight is 433 g/mol. The van der Waals surface area contributed by atoms with Gasteiger partial charge in [0.2, 0.25) is 0 Å². The van der Waals surface area contributed by atoms with Crippen molar-refractivity contribution in [2.45, 2.75) is 6.54 Å². The number of nitrogens with zero attached hydrogens (tertiary/aromatic N) is 2. The van der Waals surface area contributed by atoms with Crippen LogP contribution in [0.5, 0.6) is 0 Å². The molecular formula is C25H24FN3O3. The minimum absolute atomic E-state index is 0.201. The fourth-order valence-electron chi connectivity index (χ4n) is 3.97. The summed E-state index contributed by atoms with van der Waals surface area (Å²) in [4.78, 5) is 15.1. The van der Waals surface area contributed by atoms with E-state index in [0.29, 0.717) is 17.0 Å². The molecule has 1 fully saturated rings. The highest BCUT2D eigenvalue weighted by molar-refractivity contribution is 6.03. The lowest BCUT2D eigenvalue weighted by Gasteiger charge is -2.26. The number of anilines is 1. The van der Waals surface area contributed by atoms with Crippen LogP contribution in [0.4, 0.5) is 10.1 Å². The highest BCUT2D eigenvalue weighted by atomic mass is 19.1. The van der Waals surface area contributed by atoms with Crippen LogP contribution in [0.3, 0.4) is 0 Å². The zero-order chi connectivity index (χ0) is 21.9. The Balaban J connectivity index is 1.25. The molecule has 1 N–H and O–H groups in total. The molecule has 0 spiro atoms. The number of benzene rings is 2. The van der Waals surface area contributed by atoms with Crippen molar-refractivity contribution >= 4 is 22.5 Å². The second-order valence-corrected chi connectivity index (χ2v) is 7.86. The van der Waals surface area contributed by atoms with Crippen molar-refractivity contribution in [2.24, 2.45) is 0 Å². The molecule has 6 nitrogen and oxygen atoms in total. The van der Waals surface area contributed by atoms with Crippen LogP contribution >= 0.6 is 0 Å². The molecule has 0 atom stereocenters. The molecular weight excluding hydrogens is 409 g/mol. The van der Waals surface area contributed by atoms with Gasteiger partial charge in [-0.3, -0.25) is 9.69 Å². The van der Waals surface area contributed by atoms with Crippen molar-refractivity contribution in [3.63, 3.8) is 0 Å². The summed E-state index contributed by atoms with van der Waals surface area (Å²) >= 11 is 0. The monoisotopic (exact) mass is 433 g/mol. The van der Waals surface area contributed by atoms with Crippen molar-refractivity contribution < 1.29 is 18.3 Å². The number of fused-ring (bicyclic) bond motifs is 1. The maximum Gasteiger partial charge on any atom is 0.291 e. The van der Waals surface area contributed by atoms with Crippen LogP contribution in [-0.4, -0.2) is 48.2 Å². The lowest BCUT2D eigenvalue weighted by atomic mass is 10.2. The van der Waals surface area contributed by atoms with Gasteiger partial charge in [-0.2, -0.15) is 0 Å². The Morgan fingerprint density at radius 1 is 0.969 bits per heavy atom. The number of carbonyl (C=O) groups excluding carboxylic acids is 1. The Hall–Kier alpha value is -3.42. The van der Waals surface area contributed by atoms with E-state index in [0.717, 1.165) is 50.3 Å². The number of ether oxygens (including phenoxy) is 1. The van der Waals surface area contributed by atoms with Gasteiger partial charge in [-0.25, -0.2) is 4.39 Å². The Labute approximate surface area is 185 Å². The summed E-state index contributed by atoms with van der Waals surface area (Å²) in [6, 6.07) is 17.2. The molecule has 7 heteroatoms. The SMILES string of the molecule is O=C(Nc1ccc2c(ccn2CCN2CCOCC2)c1)c1ccc(-c2ccc(F)cc2)o1. The Kier molecular flexibility index (Phi) is 5.75. The summed E-state index contributed by atoms with van der Waals surface area (Å²) in [6.45, 7) is 5.46. The molecule has 0 saturated carbocycles. The van der Waals surface area contributed by atoms with Gasteiger partial charge < -0.3 is 19.0 Å². The number of halogens is 1. The third kappa shape index (κ3) is 4.44. The molecule has 1 aliphatic heterocycles. The van der Waals surface area contributed by atoms with Gasteiger partial charge in [0, 0.05) is 54.5 Å². The second-order valence-electron chi connectivity index (χ2n) is 7.86. The van der Waals surface area contributed by atoms with Gasteiger partial charge in [-0.15, -0.1) is 0 Å². The first-order valence-corrected chi connectivity index (χ1v) is 10.7. The first-order chi connectivity index (χ1) is 15.7. The largest absolute Gasteiger partial charge is 0.451 e. The second kappa shape index (κ2) is 8.98. The number of nitrogens with one attached hydrogen (secondary N) is 1. The van der Waals surface area contributed by atoms with E-state index in [1.165, 1.54) is 12.1 Å². The van der Waals surface area contributed by atoms with Crippen LogP contribution in [0.25, 0.3) is 22.2 Å². The third-order valence-electron chi connectivity index (χ3n) is 5.75. The average Bonchev–Trinajstić information content (AvgIpc) is 3.46. The first-order valence-electron chi connectivity index (χ1n) is 10.7. The summed E-state index contributed by atoms with van der Waals surface area (Å²) in [6.07, 6.45) is 2.08. The normalized spacial score (nSPS) is 14.7.